The molecule has 2 N–H and O–H groups in total. The van der Waals surface area contributed by atoms with Crippen LogP contribution in [0.25, 0.3) is 0 Å². The smallest absolute Gasteiger partial charge is 0.255 e. The fourth-order valence-electron chi connectivity index (χ4n) is 1.82. The Labute approximate surface area is 94.0 Å². The molecule has 1 aromatic rings. The zero-order valence-corrected chi connectivity index (χ0v) is 9.70. The van der Waals surface area contributed by atoms with Gasteiger partial charge in [-0.15, -0.1) is 0 Å². The minimum absolute atomic E-state index is 0.132. The van der Waals surface area contributed by atoms with E-state index in [0.29, 0.717) is 6.54 Å². The molecule has 0 spiro atoms. The minimum Gasteiger partial charge on any atom is -0.370 e. The third kappa shape index (κ3) is 1.65. The van der Waals surface area contributed by atoms with Crippen molar-refractivity contribution in [3.63, 3.8) is 0 Å². The lowest BCUT2D eigenvalue weighted by Gasteiger charge is -2.11. The Morgan fingerprint density at radius 3 is 3.00 bits per heavy atom. The first kappa shape index (κ1) is 10.9. The van der Waals surface area contributed by atoms with Crippen LogP contribution >= 0.6 is 0 Å². The van der Waals surface area contributed by atoms with Gasteiger partial charge in [-0.1, -0.05) is 0 Å². The lowest BCUT2D eigenvalue weighted by Crippen LogP contribution is -2.33. The molecule has 0 saturated heterocycles. The number of aromatic nitrogens is 2. The number of fused-ring (bicyclic) bond motifs is 1. The predicted molar refractivity (Wildman–Crippen MR) is 60.6 cm³/mol. The van der Waals surface area contributed by atoms with Crippen molar-refractivity contribution >= 4 is 17.4 Å². The van der Waals surface area contributed by atoms with E-state index in [1.54, 1.807) is 0 Å². The molecule has 2 heterocycles. The van der Waals surface area contributed by atoms with Gasteiger partial charge in [0.05, 0.1) is 12.2 Å². The molecule has 2 rings (SSSR count). The lowest BCUT2D eigenvalue weighted by molar-refractivity contribution is -0.124. The van der Waals surface area contributed by atoms with E-state index < -0.39 is 6.10 Å². The summed E-state index contributed by atoms with van der Waals surface area (Å²) in [4.78, 5) is 11.7. The molecule has 6 nitrogen and oxygen atoms in total. The van der Waals surface area contributed by atoms with Crippen LogP contribution in [0.1, 0.15) is 12.6 Å². The molecule has 1 amide bonds. The Hall–Kier alpha value is -1.56. The normalized spacial score (nSPS) is 19.7. The van der Waals surface area contributed by atoms with Crippen LogP contribution < -0.4 is 10.6 Å². The molecular weight excluding hydrogens is 208 g/mol. The van der Waals surface area contributed by atoms with Crippen LogP contribution in [0.2, 0.25) is 0 Å². The van der Waals surface area contributed by atoms with E-state index in [-0.39, 0.29) is 5.91 Å². The second-order valence-corrected chi connectivity index (χ2v) is 3.72. The molecule has 0 bridgehead atoms. The maximum absolute atomic E-state index is 11.7. The van der Waals surface area contributed by atoms with Crippen molar-refractivity contribution in [1.82, 2.24) is 9.78 Å². The first-order chi connectivity index (χ1) is 7.67. The van der Waals surface area contributed by atoms with Gasteiger partial charge < -0.3 is 15.4 Å². The van der Waals surface area contributed by atoms with Crippen LogP contribution in [0, 0.1) is 6.92 Å². The third-order valence-corrected chi connectivity index (χ3v) is 2.71. The van der Waals surface area contributed by atoms with Crippen LogP contribution in [-0.4, -0.2) is 35.4 Å². The molecule has 16 heavy (non-hydrogen) atoms. The highest BCUT2D eigenvalue weighted by Gasteiger charge is 2.26. The molecule has 0 fully saturated rings. The zero-order chi connectivity index (χ0) is 11.7. The summed E-state index contributed by atoms with van der Waals surface area (Å²) < 4.78 is 6.93. The van der Waals surface area contributed by atoms with Gasteiger partial charge in [-0.2, -0.15) is 5.10 Å². The Kier molecular flexibility index (Phi) is 2.82. The summed E-state index contributed by atoms with van der Waals surface area (Å²) in [5.41, 5.74) is 1.57. The Morgan fingerprint density at radius 1 is 1.62 bits per heavy atom. The van der Waals surface area contributed by atoms with Gasteiger partial charge in [-0.3, -0.25) is 4.79 Å². The molecule has 0 radical (unpaired) electrons. The van der Waals surface area contributed by atoms with Crippen LogP contribution in [0.5, 0.6) is 0 Å². The number of carbonyl (C=O) groups excluding carboxylic acids is 1. The van der Waals surface area contributed by atoms with Gasteiger partial charge in [0.2, 0.25) is 0 Å². The highest BCUT2D eigenvalue weighted by molar-refractivity contribution is 5.99. The van der Waals surface area contributed by atoms with Crippen molar-refractivity contribution in [2.24, 2.45) is 0 Å². The molecule has 6 heteroatoms. The monoisotopic (exact) mass is 224 g/mol. The van der Waals surface area contributed by atoms with E-state index in [2.05, 4.69) is 15.7 Å². The van der Waals surface area contributed by atoms with Crippen LogP contribution in [0.3, 0.4) is 0 Å². The molecule has 1 atom stereocenters. The molecule has 88 valence electrons. The predicted octanol–water partition coefficient (Wildman–Crippen LogP) is 0.590. The van der Waals surface area contributed by atoms with Crippen molar-refractivity contribution in [2.45, 2.75) is 26.5 Å². The fraction of sp³-hybridized carbons (Fsp3) is 0.600. The van der Waals surface area contributed by atoms with Crippen molar-refractivity contribution in [3.8, 4) is 0 Å². The number of amides is 1. The second kappa shape index (κ2) is 4.13. The molecule has 1 aliphatic rings. The van der Waals surface area contributed by atoms with Crippen molar-refractivity contribution < 1.29 is 9.53 Å². The number of rotatable bonds is 2. The van der Waals surface area contributed by atoms with E-state index in [1.165, 1.54) is 7.11 Å². The molecule has 0 aliphatic carbocycles. The van der Waals surface area contributed by atoms with Crippen molar-refractivity contribution in [2.75, 3.05) is 24.3 Å². The summed E-state index contributed by atoms with van der Waals surface area (Å²) in [7, 11) is 1.53. The van der Waals surface area contributed by atoms with E-state index in [9.17, 15) is 4.79 Å². The van der Waals surface area contributed by atoms with Crippen molar-refractivity contribution in [1.29, 1.82) is 0 Å². The largest absolute Gasteiger partial charge is 0.370 e. The van der Waals surface area contributed by atoms with Gasteiger partial charge in [-0.25, -0.2) is 4.68 Å². The van der Waals surface area contributed by atoms with E-state index in [1.807, 2.05) is 18.5 Å². The summed E-state index contributed by atoms with van der Waals surface area (Å²) in [5.74, 6) is 0.723. The quantitative estimate of drug-likeness (QED) is 0.771. The van der Waals surface area contributed by atoms with E-state index >= 15 is 0 Å². The number of aryl methyl sites for hydroxylation is 2. The Morgan fingerprint density at radius 2 is 2.38 bits per heavy atom. The van der Waals surface area contributed by atoms with Gasteiger partial charge in [0.15, 0.2) is 6.10 Å². The molecule has 1 aliphatic heterocycles. The zero-order valence-electron chi connectivity index (χ0n) is 9.70. The summed E-state index contributed by atoms with van der Waals surface area (Å²) in [6, 6.07) is 0. The molecule has 1 aromatic heterocycles. The maximum atomic E-state index is 11.7. The number of hydrogen-bond donors (Lipinski definition) is 2. The lowest BCUT2D eigenvalue weighted by atomic mass is 10.3. The van der Waals surface area contributed by atoms with Gasteiger partial charge in [0.1, 0.15) is 11.5 Å². The number of nitrogens with one attached hydrogen (secondary N) is 2. The average Bonchev–Trinajstić information content (AvgIpc) is 2.47. The number of ether oxygens (including phenoxy) is 1. The molecular formula is C10H16N4O2. The first-order valence-electron chi connectivity index (χ1n) is 5.32. The second-order valence-electron chi connectivity index (χ2n) is 3.72. The molecule has 1 unspecified atom stereocenters. The number of methoxy groups -OCH3 is 1. The number of hydrogen-bond acceptors (Lipinski definition) is 4. The van der Waals surface area contributed by atoms with Crippen LogP contribution in [0.4, 0.5) is 11.5 Å². The number of carbonyl (C=O) groups is 1. The van der Waals surface area contributed by atoms with Crippen molar-refractivity contribution in [3.05, 3.63) is 5.69 Å². The SMILES string of the molecule is CCn1nc(C)c2c1NCC(OC)C(=O)N2. The molecule has 0 saturated carbocycles. The number of nitrogens with zero attached hydrogens (tertiary/aromatic N) is 2. The molecule has 0 aromatic carbocycles. The topological polar surface area (TPSA) is 68.2 Å². The summed E-state index contributed by atoms with van der Waals surface area (Å²) in [6.45, 7) is 5.10. The third-order valence-electron chi connectivity index (χ3n) is 2.71. The van der Waals surface area contributed by atoms with Gasteiger partial charge in [-0.05, 0) is 13.8 Å². The standard InChI is InChI=1S/C10H16N4O2/c1-4-14-9-8(6(2)13-14)12-10(15)7(16-3)5-11-9/h7,11H,4-5H2,1-3H3,(H,12,15). The van der Waals surface area contributed by atoms with Gasteiger partial charge >= 0.3 is 0 Å². The van der Waals surface area contributed by atoms with Crippen LogP contribution in [0.15, 0.2) is 0 Å². The van der Waals surface area contributed by atoms with E-state index in [4.69, 9.17) is 4.74 Å². The Balaban J connectivity index is 2.37. The maximum Gasteiger partial charge on any atom is 0.255 e. The van der Waals surface area contributed by atoms with Gasteiger partial charge in [0.25, 0.3) is 5.91 Å². The van der Waals surface area contributed by atoms with E-state index in [0.717, 1.165) is 23.7 Å². The summed E-state index contributed by atoms with van der Waals surface area (Å²) >= 11 is 0. The first-order valence-corrected chi connectivity index (χ1v) is 5.32. The average molecular weight is 224 g/mol. The summed E-state index contributed by atoms with van der Waals surface area (Å²) in [6.07, 6.45) is -0.461. The Bertz CT molecular complexity index is 413. The minimum atomic E-state index is -0.461. The van der Waals surface area contributed by atoms with Gasteiger partial charge in [0, 0.05) is 13.7 Å². The fourth-order valence-corrected chi connectivity index (χ4v) is 1.82. The highest BCUT2D eigenvalue weighted by Crippen LogP contribution is 2.28. The highest BCUT2D eigenvalue weighted by atomic mass is 16.5. The van der Waals surface area contributed by atoms with Crippen LogP contribution in [-0.2, 0) is 16.1 Å². The number of anilines is 2. The summed E-state index contributed by atoms with van der Waals surface area (Å²) in [5, 5.41) is 10.4.